The average molecular weight is 789 g/mol. The van der Waals surface area contributed by atoms with E-state index in [0.717, 1.165) is 56.1 Å². The highest BCUT2D eigenvalue weighted by molar-refractivity contribution is 6.10. The lowest BCUT2D eigenvalue weighted by atomic mass is 9.70. The maximum atomic E-state index is 10.8. The third-order valence-corrected chi connectivity index (χ3v) is 13.3. The van der Waals surface area contributed by atoms with Crippen LogP contribution in [-0.2, 0) is 5.41 Å². The minimum Gasteiger partial charge on any atom is -0.310 e. The SMILES string of the molecule is N#Cc1cc(-n2c3c(c4cc(N(c5ccccc5)c5ccccc5)ccc42)C2(c4ccccc4-c4ccccc42)c2ccccc2-3)cc(-n2c3ccccc3c3ccccc32)c1. The summed E-state index contributed by atoms with van der Waals surface area (Å²) < 4.78 is 4.76. The number of fused-ring (bicyclic) bond motifs is 15. The summed E-state index contributed by atoms with van der Waals surface area (Å²) >= 11 is 0. The molecular weight excluding hydrogens is 753 g/mol. The fourth-order valence-electron chi connectivity index (χ4n) is 11.0. The first kappa shape index (κ1) is 34.5. The van der Waals surface area contributed by atoms with Crippen molar-refractivity contribution >= 4 is 49.8 Å². The summed E-state index contributed by atoms with van der Waals surface area (Å²) in [5, 5.41) is 14.3. The van der Waals surface area contributed by atoms with Gasteiger partial charge in [-0.1, -0.05) is 146 Å². The van der Waals surface area contributed by atoms with Crippen molar-refractivity contribution in [3.63, 3.8) is 0 Å². The van der Waals surface area contributed by atoms with E-state index >= 15 is 0 Å². The zero-order valence-electron chi connectivity index (χ0n) is 33.6. The van der Waals surface area contributed by atoms with E-state index in [2.05, 4.69) is 232 Å². The monoisotopic (exact) mass is 788 g/mol. The Morgan fingerprint density at radius 3 is 1.44 bits per heavy atom. The van der Waals surface area contributed by atoms with Crippen LogP contribution in [0.5, 0.6) is 0 Å². The molecule has 2 aliphatic carbocycles. The van der Waals surface area contributed by atoms with Gasteiger partial charge in [-0.3, -0.25) is 0 Å². The third kappa shape index (κ3) is 4.60. The zero-order chi connectivity index (χ0) is 40.9. The van der Waals surface area contributed by atoms with Gasteiger partial charge in [-0.15, -0.1) is 0 Å². The number of aromatic nitrogens is 2. The zero-order valence-corrected chi connectivity index (χ0v) is 33.6. The normalized spacial score (nSPS) is 13.0. The van der Waals surface area contributed by atoms with Gasteiger partial charge in [-0.25, -0.2) is 0 Å². The highest BCUT2D eigenvalue weighted by Gasteiger charge is 2.54. The second-order valence-electron chi connectivity index (χ2n) is 16.4. The van der Waals surface area contributed by atoms with Crippen molar-refractivity contribution in [1.82, 2.24) is 9.13 Å². The maximum absolute atomic E-state index is 10.8. The molecule has 9 aromatic carbocycles. The number of hydrogen-bond donors (Lipinski definition) is 0. The first-order valence-electron chi connectivity index (χ1n) is 21.2. The Hall–Kier alpha value is -8.39. The van der Waals surface area contributed by atoms with Gasteiger partial charge in [0.25, 0.3) is 0 Å². The standard InChI is InChI=1S/C58H36N4/c59-37-38-33-42(61-53-29-15-10-23-46(53)47-24-11-16-30-54(47)61)35-43(34-38)62-55-32-31-41(60(39-17-3-1-4-18-39)40-19-5-2-6-20-40)36-49(55)56-57(62)48-25-9-14-28-52(48)58(56)50-26-12-7-21-44(50)45-22-8-13-27-51(45)58/h1-36H. The number of nitriles is 1. The van der Waals surface area contributed by atoms with Gasteiger partial charge in [0.05, 0.1) is 39.3 Å². The van der Waals surface area contributed by atoms with Crippen molar-refractivity contribution in [3.8, 4) is 39.8 Å². The minimum absolute atomic E-state index is 0.589. The summed E-state index contributed by atoms with van der Waals surface area (Å²) in [6, 6.07) is 81.3. The van der Waals surface area contributed by atoms with E-state index < -0.39 is 5.41 Å². The van der Waals surface area contributed by atoms with E-state index in [0.29, 0.717) is 5.56 Å². The molecule has 2 heterocycles. The molecule has 0 unspecified atom stereocenters. The van der Waals surface area contributed by atoms with Crippen LogP contribution in [0.15, 0.2) is 218 Å². The molecule has 0 bridgehead atoms. The molecule has 288 valence electrons. The van der Waals surface area contributed by atoms with E-state index in [4.69, 9.17) is 0 Å². The predicted molar refractivity (Wildman–Crippen MR) is 253 cm³/mol. The van der Waals surface area contributed by atoms with Crippen LogP contribution >= 0.6 is 0 Å². The summed E-state index contributed by atoms with van der Waals surface area (Å²) in [5.74, 6) is 0. The van der Waals surface area contributed by atoms with Crippen molar-refractivity contribution in [3.05, 3.63) is 246 Å². The Balaban J connectivity index is 1.18. The van der Waals surface area contributed by atoms with Crippen LogP contribution < -0.4 is 4.90 Å². The van der Waals surface area contributed by atoms with Gasteiger partial charge >= 0.3 is 0 Å². The average Bonchev–Trinajstić information content (AvgIpc) is 4.04. The minimum atomic E-state index is -0.589. The second kappa shape index (κ2) is 13.1. The van der Waals surface area contributed by atoms with Crippen molar-refractivity contribution < 1.29 is 0 Å². The van der Waals surface area contributed by atoms with Crippen LogP contribution in [-0.4, -0.2) is 9.13 Å². The van der Waals surface area contributed by atoms with Gasteiger partial charge in [-0.05, 0) is 101 Å². The highest BCUT2D eigenvalue weighted by atomic mass is 15.1. The Morgan fingerprint density at radius 1 is 0.387 bits per heavy atom. The lowest BCUT2D eigenvalue weighted by molar-refractivity contribution is 0.801. The molecule has 1 spiro atoms. The van der Waals surface area contributed by atoms with Crippen LogP contribution in [0.2, 0.25) is 0 Å². The Kier molecular flexibility index (Phi) is 7.26. The van der Waals surface area contributed by atoms with Crippen molar-refractivity contribution in [2.24, 2.45) is 0 Å². The van der Waals surface area contributed by atoms with Gasteiger partial charge in [0.15, 0.2) is 0 Å². The molecule has 4 heteroatoms. The van der Waals surface area contributed by atoms with E-state index in [1.54, 1.807) is 0 Å². The topological polar surface area (TPSA) is 36.9 Å². The number of hydrogen-bond acceptors (Lipinski definition) is 2. The van der Waals surface area contributed by atoms with Gasteiger partial charge in [-0.2, -0.15) is 5.26 Å². The third-order valence-electron chi connectivity index (χ3n) is 13.3. The highest BCUT2D eigenvalue weighted by Crippen LogP contribution is 2.65. The molecule has 0 saturated carbocycles. The molecule has 0 aliphatic heterocycles. The van der Waals surface area contributed by atoms with E-state index in [9.17, 15) is 5.26 Å². The fraction of sp³-hybridized carbons (Fsp3) is 0.0172. The van der Waals surface area contributed by atoms with E-state index in [-0.39, 0.29) is 0 Å². The predicted octanol–water partition coefficient (Wildman–Crippen LogP) is 14.4. The largest absolute Gasteiger partial charge is 0.310 e. The second-order valence-corrected chi connectivity index (χ2v) is 16.4. The quantitative estimate of drug-likeness (QED) is 0.174. The molecule has 0 saturated heterocycles. The first-order valence-corrected chi connectivity index (χ1v) is 21.2. The summed E-state index contributed by atoms with van der Waals surface area (Å²) in [5.41, 5.74) is 18.4. The molecule has 0 radical (unpaired) electrons. The van der Waals surface area contributed by atoms with Crippen molar-refractivity contribution in [1.29, 1.82) is 5.26 Å². The van der Waals surface area contributed by atoms with Crippen LogP contribution in [0.25, 0.3) is 66.5 Å². The first-order chi connectivity index (χ1) is 30.7. The molecule has 2 aromatic heterocycles. The van der Waals surface area contributed by atoms with E-state index in [1.807, 2.05) is 6.07 Å². The van der Waals surface area contributed by atoms with E-state index in [1.165, 1.54) is 49.7 Å². The van der Waals surface area contributed by atoms with Crippen LogP contribution in [0.4, 0.5) is 17.1 Å². The number of nitrogens with zero attached hydrogens (tertiary/aromatic N) is 4. The molecule has 0 amide bonds. The molecular formula is C58H36N4. The van der Waals surface area contributed by atoms with Crippen molar-refractivity contribution in [2.45, 2.75) is 5.41 Å². The smallest absolute Gasteiger partial charge is 0.0993 e. The fourth-order valence-corrected chi connectivity index (χ4v) is 11.0. The Morgan fingerprint density at radius 2 is 0.855 bits per heavy atom. The number of anilines is 3. The summed E-state index contributed by atoms with van der Waals surface area (Å²) in [4.78, 5) is 2.35. The lowest BCUT2D eigenvalue weighted by Gasteiger charge is -2.30. The maximum Gasteiger partial charge on any atom is 0.0993 e. The lowest BCUT2D eigenvalue weighted by Crippen LogP contribution is -2.25. The molecule has 0 N–H and O–H groups in total. The Labute approximate surface area is 359 Å². The summed E-state index contributed by atoms with van der Waals surface area (Å²) in [6.07, 6.45) is 0. The number of benzene rings is 9. The Bertz CT molecular complexity index is 3520. The molecule has 13 rings (SSSR count). The molecule has 0 fully saturated rings. The van der Waals surface area contributed by atoms with Crippen LogP contribution in [0.1, 0.15) is 27.8 Å². The number of rotatable bonds is 5. The summed E-state index contributed by atoms with van der Waals surface area (Å²) in [7, 11) is 0. The molecule has 0 atom stereocenters. The van der Waals surface area contributed by atoms with Gasteiger partial charge in [0.1, 0.15) is 0 Å². The molecule has 11 aromatic rings. The number of para-hydroxylation sites is 4. The molecule has 4 nitrogen and oxygen atoms in total. The molecule has 2 aliphatic rings. The summed E-state index contributed by atoms with van der Waals surface area (Å²) in [6.45, 7) is 0. The van der Waals surface area contributed by atoms with Gasteiger partial charge < -0.3 is 14.0 Å². The van der Waals surface area contributed by atoms with Crippen molar-refractivity contribution in [2.75, 3.05) is 4.90 Å². The molecule has 62 heavy (non-hydrogen) atoms. The van der Waals surface area contributed by atoms with Gasteiger partial charge in [0, 0.05) is 55.7 Å². The van der Waals surface area contributed by atoms with Gasteiger partial charge in [0.2, 0.25) is 0 Å². The van der Waals surface area contributed by atoms with Crippen LogP contribution in [0.3, 0.4) is 0 Å². The van der Waals surface area contributed by atoms with Crippen LogP contribution in [0, 0.1) is 11.3 Å².